The number of carbonyl (C=O) groups is 1. The number of aldehydes is 1. The molecule has 0 bridgehead atoms. The SMILES string of the molecule is C/C(C=O)=C\c1ccc(CC(C)(C)C)cc1C. The lowest BCUT2D eigenvalue weighted by Crippen LogP contribution is -2.09. The Morgan fingerprint density at radius 1 is 1.29 bits per heavy atom. The number of allylic oxidation sites excluding steroid dienone is 1. The van der Waals surface area contributed by atoms with Crippen molar-refractivity contribution >= 4 is 12.4 Å². The maximum atomic E-state index is 10.6. The average Bonchev–Trinajstić information content (AvgIpc) is 2.19. The van der Waals surface area contributed by atoms with Gasteiger partial charge >= 0.3 is 0 Å². The van der Waals surface area contributed by atoms with Crippen LogP contribution < -0.4 is 0 Å². The Morgan fingerprint density at radius 3 is 2.41 bits per heavy atom. The summed E-state index contributed by atoms with van der Waals surface area (Å²) in [5.41, 5.74) is 4.79. The summed E-state index contributed by atoms with van der Waals surface area (Å²) in [6.45, 7) is 10.7. The van der Waals surface area contributed by atoms with Crippen LogP contribution in [0.5, 0.6) is 0 Å². The van der Waals surface area contributed by atoms with E-state index in [1.165, 1.54) is 11.1 Å². The maximum absolute atomic E-state index is 10.6. The first kappa shape index (κ1) is 13.7. The van der Waals surface area contributed by atoms with Crippen LogP contribution in [0.15, 0.2) is 23.8 Å². The van der Waals surface area contributed by atoms with Gasteiger partial charge in [-0.1, -0.05) is 39.0 Å². The second kappa shape index (κ2) is 5.31. The van der Waals surface area contributed by atoms with Gasteiger partial charge in [-0.25, -0.2) is 0 Å². The van der Waals surface area contributed by atoms with E-state index in [1.54, 1.807) is 0 Å². The Hall–Kier alpha value is -1.37. The zero-order valence-electron chi connectivity index (χ0n) is 11.5. The number of benzene rings is 1. The summed E-state index contributed by atoms with van der Waals surface area (Å²) in [6, 6.07) is 6.47. The monoisotopic (exact) mass is 230 g/mol. The van der Waals surface area contributed by atoms with Crippen molar-refractivity contribution in [3.8, 4) is 0 Å². The van der Waals surface area contributed by atoms with Gasteiger partial charge < -0.3 is 0 Å². The van der Waals surface area contributed by atoms with E-state index < -0.39 is 0 Å². The molecule has 0 saturated heterocycles. The molecule has 0 heterocycles. The van der Waals surface area contributed by atoms with E-state index in [-0.39, 0.29) is 0 Å². The fourth-order valence-corrected chi connectivity index (χ4v) is 1.90. The average molecular weight is 230 g/mol. The Morgan fingerprint density at radius 2 is 1.94 bits per heavy atom. The molecule has 1 rings (SSSR count). The van der Waals surface area contributed by atoms with Gasteiger partial charge in [-0.05, 0) is 54.0 Å². The Balaban J connectivity index is 2.98. The second-order valence-corrected chi connectivity index (χ2v) is 5.93. The number of carbonyl (C=O) groups excluding carboxylic acids is 1. The molecule has 0 aliphatic rings. The van der Waals surface area contributed by atoms with Crippen molar-refractivity contribution < 1.29 is 4.79 Å². The van der Waals surface area contributed by atoms with E-state index in [2.05, 4.69) is 45.9 Å². The molecule has 0 aromatic heterocycles. The van der Waals surface area contributed by atoms with Gasteiger partial charge in [0.15, 0.2) is 0 Å². The summed E-state index contributed by atoms with van der Waals surface area (Å²) in [4.78, 5) is 10.6. The summed E-state index contributed by atoms with van der Waals surface area (Å²) < 4.78 is 0. The van der Waals surface area contributed by atoms with Crippen molar-refractivity contribution in [3.63, 3.8) is 0 Å². The van der Waals surface area contributed by atoms with Crippen LogP contribution >= 0.6 is 0 Å². The van der Waals surface area contributed by atoms with E-state index in [0.717, 1.165) is 23.8 Å². The summed E-state index contributed by atoms with van der Waals surface area (Å²) in [5, 5.41) is 0. The highest BCUT2D eigenvalue weighted by molar-refractivity contribution is 5.81. The smallest absolute Gasteiger partial charge is 0.145 e. The first-order valence-electron chi connectivity index (χ1n) is 6.05. The van der Waals surface area contributed by atoms with Crippen LogP contribution in [0.1, 0.15) is 44.4 Å². The van der Waals surface area contributed by atoms with Crippen LogP contribution in [0.25, 0.3) is 6.08 Å². The number of hydrogen-bond donors (Lipinski definition) is 0. The molecule has 0 unspecified atom stereocenters. The molecule has 0 saturated carbocycles. The Labute approximate surface area is 105 Å². The first-order valence-corrected chi connectivity index (χ1v) is 6.05. The fourth-order valence-electron chi connectivity index (χ4n) is 1.90. The molecule has 1 heteroatoms. The lowest BCUT2D eigenvalue weighted by atomic mass is 9.87. The van der Waals surface area contributed by atoms with E-state index >= 15 is 0 Å². The summed E-state index contributed by atoms with van der Waals surface area (Å²) in [6.07, 6.45) is 3.90. The van der Waals surface area contributed by atoms with Crippen molar-refractivity contribution in [1.29, 1.82) is 0 Å². The van der Waals surface area contributed by atoms with Crippen molar-refractivity contribution in [3.05, 3.63) is 40.5 Å². The minimum absolute atomic E-state index is 0.308. The normalized spacial score (nSPS) is 12.6. The van der Waals surface area contributed by atoms with Crippen LogP contribution in [-0.4, -0.2) is 6.29 Å². The lowest BCUT2D eigenvalue weighted by Gasteiger charge is -2.18. The molecule has 0 fully saturated rings. The van der Waals surface area contributed by atoms with E-state index in [9.17, 15) is 4.79 Å². The van der Waals surface area contributed by atoms with Crippen LogP contribution in [0, 0.1) is 12.3 Å². The Bertz CT molecular complexity index is 433. The summed E-state index contributed by atoms with van der Waals surface area (Å²) >= 11 is 0. The van der Waals surface area contributed by atoms with Gasteiger partial charge in [0.05, 0.1) is 0 Å². The zero-order chi connectivity index (χ0) is 13.1. The predicted octanol–water partition coefficient (Wildman–Crippen LogP) is 4.19. The molecule has 0 N–H and O–H groups in total. The quantitative estimate of drug-likeness (QED) is 0.562. The molecule has 0 aliphatic heterocycles. The molecule has 0 atom stereocenters. The number of hydrogen-bond acceptors (Lipinski definition) is 1. The van der Waals surface area contributed by atoms with E-state index in [1.807, 2.05) is 13.0 Å². The van der Waals surface area contributed by atoms with Gasteiger partial charge in [0.25, 0.3) is 0 Å². The molecule has 0 amide bonds. The molecular formula is C16H22O. The Kier molecular flexibility index (Phi) is 4.28. The highest BCUT2D eigenvalue weighted by Crippen LogP contribution is 2.22. The minimum Gasteiger partial charge on any atom is -0.298 e. The van der Waals surface area contributed by atoms with Crippen molar-refractivity contribution in [2.45, 2.75) is 41.0 Å². The van der Waals surface area contributed by atoms with Gasteiger partial charge in [0, 0.05) is 0 Å². The third-order valence-electron chi connectivity index (χ3n) is 2.64. The fraction of sp³-hybridized carbons (Fsp3) is 0.438. The topological polar surface area (TPSA) is 17.1 Å². The van der Waals surface area contributed by atoms with Crippen molar-refractivity contribution in [2.75, 3.05) is 0 Å². The number of rotatable bonds is 3. The molecule has 1 nitrogen and oxygen atoms in total. The molecule has 0 radical (unpaired) electrons. The summed E-state index contributed by atoms with van der Waals surface area (Å²) in [7, 11) is 0. The maximum Gasteiger partial charge on any atom is 0.145 e. The molecule has 0 aliphatic carbocycles. The van der Waals surface area contributed by atoms with Crippen molar-refractivity contribution in [1.82, 2.24) is 0 Å². The highest BCUT2D eigenvalue weighted by atomic mass is 16.1. The zero-order valence-corrected chi connectivity index (χ0v) is 11.5. The minimum atomic E-state index is 0.308. The molecule has 0 spiro atoms. The van der Waals surface area contributed by atoms with Gasteiger partial charge in [-0.2, -0.15) is 0 Å². The van der Waals surface area contributed by atoms with Gasteiger partial charge in [-0.3, -0.25) is 4.79 Å². The third kappa shape index (κ3) is 4.56. The van der Waals surface area contributed by atoms with Crippen molar-refractivity contribution in [2.24, 2.45) is 5.41 Å². The number of aryl methyl sites for hydroxylation is 1. The second-order valence-electron chi connectivity index (χ2n) is 5.93. The molecule has 1 aromatic carbocycles. The van der Waals surface area contributed by atoms with Crippen LogP contribution in [0.4, 0.5) is 0 Å². The standard InChI is InChI=1S/C16H22O/c1-12(11-17)8-15-7-6-14(9-13(15)2)10-16(3,4)5/h6-9,11H,10H2,1-5H3/b12-8+. The predicted molar refractivity (Wildman–Crippen MR) is 74.1 cm³/mol. The van der Waals surface area contributed by atoms with E-state index in [0.29, 0.717) is 5.41 Å². The molecule has 92 valence electrons. The van der Waals surface area contributed by atoms with Crippen LogP contribution in [-0.2, 0) is 11.2 Å². The molecule has 1 aromatic rings. The van der Waals surface area contributed by atoms with Gasteiger partial charge in [0.2, 0.25) is 0 Å². The third-order valence-corrected chi connectivity index (χ3v) is 2.64. The van der Waals surface area contributed by atoms with E-state index in [4.69, 9.17) is 0 Å². The van der Waals surface area contributed by atoms with Crippen LogP contribution in [0.2, 0.25) is 0 Å². The largest absolute Gasteiger partial charge is 0.298 e. The first-order chi connectivity index (χ1) is 7.81. The van der Waals surface area contributed by atoms with Crippen LogP contribution in [0.3, 0.4) is 0 Å². The molecular weight excluding hydrogens is 208 g/mol. The highest BCUT2D eigenvalue weighted by Gasteiger charge is 2.11. The lowest BCUT2D eigenvalue weighted by molar-refractivity contribution is -0.104. The molecule has 17 heavy (non-hydrogen) atoms. The van der Waals surface area contributed by atoms with Gasteiger partial charge in [0.1, 0.15) is 6.29 Å². The summed E-state index contributed by atoms with van der Waals surface area (Å²) in [5.74, 6) is 0. The van der Waals surface area contributed by atoms with Gasteiger partial charge in [-0.15, -0.1) is 0 Å².